The van der Waals surface area contributed by atoms with E-state index in [2.05, 4.69) is 5.32 Å². The molecule has 2 N–H and O–H groups in total. The Morgan fingerprint density at radius 1 is 1.55 bits per heavy atom. The molecule has 1 atom stereocenters. The van der Waals surface area contributed by atoms with Crippen LogP contribution < -0.4 is 5.32 Å². The summed E-state index contributed by atoms with van der Waals surface area (Å²) in [7, 11) is 0. The Hall–Kier alpha value is -2.15. The molecule has 1 unspecified atom stereocenters. The van der Waals surface area contributed by atoms with Crippen LogP contribution in [0.1, 0.15) is 23.2 Å². The van der Waals surface area contributed by atoms with Crippen LogP contribution in [0.25, 0.3) is 0 Å². The van der Waals surface area contributed by atoms with Gasteiger partial charge in [0.05, 0.1) is 4.92 Å². The minimum atomic E-state index is -0.640. The van der Waals surface area contributed by atoms with E-state index in [0.717, 1.165) is 31.6 Å². The highest BCUT2D eigenvalue weighted by Crippen LogP contribution is 2.23. The highest BCUT2D eigenvalue weighted by atomic mass is 16.6. The maximum absolute atomic E-state index is 11.9. The van der Waals surface area contributed by atoms with Gasteiger partial charge in [-0.2, -0.15) is 0 Å². The highest BCUT2D eigenvalue weighted by Gasteiger charge is 2.21. The number of nitro groups is 1. The molecule has 0 aromatic heterocycles. The van der Waals surface area contributed by atoms with Gasteiger partial charge in [0, 0.05) is 25.8 Å². The van der Waals surface area contributed by atoms with E-state index in [9.17, 15) is 20.0 Å². The number of nitro benzene ring substituents is 1. The van der Waals surface area contributed by atoms with Crippen molar-refractivity contribution in [3.63, 3.8) is 0 Å². The lowest BCUT2D eigenvalue weighted by Gasteiger charge is -2.09. The van der Waals surface area contributed by atoms with Crippen molar-refractivity contribution in [2.75, 3.05) is 19.8 Å². The zero-order valence-corrected chi connectivity index (χ0v) is 10.9. The van der Waals surface area contributed by atoms with Crippen molar-refractivity contribution < 1.29 is 19.6 Å². The van der Waals surface area contributed by atoms with Crippen molar-refractivity contribution >= 4 is 11.6 Å². The zero-order chi connectivity index (χ0) is 14.5. The van der Waals surface area contributed by atoms with Crippen LogP contribution in [0.5, 0.6) is 5.75 Å². The minimum Gasteiger partial charge on any atom is -0.508 e. The van der Waals surface area contributed by atoms with Gasteiger partial charge in [0.15, 0.2) is 0 Å². The summed E-state index contributed by atoms with van der Waals surface area (Å²) in [5.74, 6) is -0.300. The molecule has 0 saturated carbocycles. The summed E-state index contributed by atoms with van der Waals surface area (Å²) in [6, 6.07) is 3.41. The third-order valence-corrected chi connectivity index (χ3v) is 3.28. The third-order valence-electron chi connectivity index (χ3n) is 3.28. The van der Waals surface area contributed by atoms with Gasteiger partial charge in [0.25, 0.3) is 11.6 Å². The van der Waals surface area contributed by atoms with Gasteiger partial charge in [0.1, 0.15) is 11.3 Å². The zero-order valence-electron chi connectivity index (χ0n) is 10.9. The van der Waals surface area contributed by atoms with Crippen LogP contribution in [0.3, 0.4) is 0 Å². The van der Waals surface area contributed by atoms with E-state index in [1.807, 2.05) is 0 Å². The summed E-state index contributed by atoms with van der Waals surface area (Å²) in [4.78, 5) is 22.1. The van der Waals surface area contributed by atoms with Crippen molar-refractivity contribution in [3.8, 4) is 5.75 Å². The normalized spacial score (nSPS) is 17.9. The Balaban J connectivity index is 1.97. The SMILES string of the molecule is O=C(NCCC1CCOC1)c1cc(O)ccc1[N+](=O)[O-]. The molecule has 0 radical (unpaired) electrons. The number of amides is 1. The van der Waals surface area contributed by atoms with Gasteiger partial charge in [-0.3, -0.25) is 14.9 Å². The lowest BCUT2D eigenvalue weighted by Crippen LogP contribution is -2.26. The van der Waals surface area contributed by atoms with Crippen LogP contribution in [0.15, 0.2) is 18.2 Å². The van der Waals surface area contributed by atoms with Gasteiger partial charge < -0.3 is 15.2 Å². The fourth-order valence-electron chi connectivity index (χ4n) is 2.16. The first-order valence-electron chi connectivity index (χ1n) is 6.41. The van der Waals surface area contributed by atoms with E-state index in [0.29, 0.717) is 19.1 Å². The first-order chi connectivity index (χ1) is 9.58. The summed E-state index contributed by atoms with van der Waals surface area (Å²) in [5.41, 5.74) is -0.442. The Labute approximate surface area is 115 Å². The van der Waals surface area contributed by atoms with Gasteiger partial charge in [-0.15, -0.1) is 0 Å². The predicted molar refractivity (Wildman–Crippen MR) is 70.6 cm³/mol. The Morgan fingerprint density at radius 2 is 2.35 bits per heavy atom. The summed E-state index contributed by atoms with van der Waals surface area (Å²) in [6.45, 7) is 1.87. The number of phenols is 1. The molecule has 108 valence electrons. The number of hydrogen-bond donors (Lipinski definition) is 2. The Bertz CT molecular complexity index is 511. The largest absolute Gasteiger partial charge is 0.508 e. The molecule has 1 amide bonds. The van der Waals surface area contributed by atoms with E-state index in [-0.39, 0.29) is 17.0 Å². The summed E-state index contributed by atoms with van der Waals surface area (Å²) in [6.07, 6.45) is 1.75. The number of hydrogen-bond acceptors (Lipinski definition) is 5. The van der Waals surface area contributed by atoms with Crippen LogP contribution in [0, 0.1) is 16.0 Å². The molecule has 0 aliphatic carbocycles. The maximum Gasteiger partial charge on any atom is 0.282 e. The summed E-state index contributed by atoms with van der Waals surface area (Å²) >= 11 is 0. The number of nitrogens with one attached hydrogen (secondary N) is 1. The molecule has 7 heteroatoms. The number of benzene rings is 1. The predicted octanol–water partition coefficient (Wildman–Crippen LogP) is 1.46. The van der Waals surface area contributed by atoms with Gasteiger partial charge in [-0.05, 0) is 30.9 Å². The Kier molecular flexibility index (Phi) is 4.52. The van der Waals surface area contributed by atoms with Crippen LogP contribution in [-0.2, 0) is 4.74 Å². The van der Waals surface area contributed by atoms with Gasteiger partial charge >= 0.3 is 0 Å². The number of carbonyl (C=O) groups excluding carboxylic acids is 1. The topological polar surface area (TPSA) is 102 Å². The molecule has 1 aliphatic heterocycles. The highest BCUT2D eigenvalue weighted by molar-refractivity contribution is 5.98. The Morgan fingerprint density at radius 3 is 3.00 bits per heavy atom. The van der Waals surface area contributed by atoms with Crippen molar-refractivity contribution in [3.05, 3.63) is 33.9 Å². The van der Waals surface area contributed by atoms with Crippen molar-refractivity contribution in [2.45, 2.75) is 12.8 Å². The number of aromatic hydroxyl groups is 1. The second-order valence-corrected chi connectivity index (χ2v) is 4.73. The first-order valence-corrected chi connectivity index (χ1v) is 6.41. The van der Waals surface area contributed by atoms with Crippen molar-refractivity contribution in [1.82, 2.24) is 5.32 Å². The molecule has 7 nitrogen and oxygen atoms in total. The standard InChI is InChI=1S/C13H16N2O5/c16-10-1-2-12(15(18)19)11(7-10)13(17)14-5-3-9-4-6-20-8-9/h1-2,7,9,16H,3-6,8H2,(H,14,17). The maximum atomic E-state index is 11.9. The van der Waals surface area contributed by atoms with Gasteiger partial charge in [-0.1, -0.05) is 0 Å². The minimum absolute atomic E-state index is 0.127. The van der Waals surface area contributed by atoms with E-state index < -0.39 is 10.8 Å². The molecule has 0 bridgehead atoms. The molecular formula is C13H16N2O5. The van der Waals surface area contributed by atoms with Crippen LogP contribution >= 0.6 is 0 Å². The monoisotopic (exact) mass is 280 g/mol. The number of nitrogens with zero attached hydrogens (tertiary/aromatic N) is 1. The van der Waals surface area contributed by atoms with Gasteiger partial charge in [0.2, 0.25) is 0 Å². The molecule has 2 rings (SSSR count). The molecule has 20 heavy (non-hydrogen) atoms. The molecule has 1 aromatic rings. The van der Waals surface area contributed by atoms with Crippen molar-refractivity contribution in [2.24, 2.45) is 5.92 Å². The number of carbonyl (C=O) groups is 1. The second kappa shape index (κ2) is 6.33. The molecular weight excluding hydrogens is 264 g/mol. The number of phenolic OH excluding ortho intramolecular Hbond substituents is 1. The number of rotatable bonds is 5. The van der Waals surface area contributed by atoms with E-state index >= 15 is 0 Å². The van der Waals surface area contributed by atoms with Gasteiger partial charge in [-0.25, -0.2) is 0 Å². The summed E-state index contributed by atoms with van der Waals surface area (Å²) in [5, 5.41) is 22.8. The van der Waals surface area contributed by atoms with Crippen LogP contribution in [-0.4, -0.2) is 35.7 Å². The quantitative estimate of drug-likeness (QED) is 0.628. The average molecular weight is 280 g/mol. The lowest BCUT2D eigenvalue weighted by atomic mass is 10.1. The van der Waals surface area contributed by atoms with Crippen molar-refractivity contribution in [1.29, 1.82) is 0 Å². The fourth-order valence-corrected chi connectivity index (χ4v) is 2.16. The second-order valence-electron chi connectivity index (χ2n) is 4.73. The smallest absolute Gasteiger partial charge is 0.282 e. The third kappa shape index (κ3) is 3.45. The molecule has 0 spiro atoms. The van der Waals surface area contributed by atoms with E-state index in [1.165, 1.54) is 6.07 Å². The number of ether oxygens (including phenoxy) is 1. The average Bonchev–Trinajstić information content (AvgIpc) is 2.91. The molecule has 1 heterocycles. The van der Waals surface area contributed by atoms with Crippen LogP contribution in [0.2, 0.25) is 0 Å². The van der Waals surface area contributed by atoms with Crippen LogP contribution in [0.4, 0.5) is 5.69 Å². The first kappa shape index (κ1) is 14.3. The molecule has 1 aromatic carbocycles. The molecule has 1 fully saturated rings. The molecule has 1 aliphatic rings. The lowest BCUT2D eigenvalue weighted by molar-refractivity contribution is -0.385. The molecule has 1 saturated heterocycles. The van der Waals surface area contributed by atoms with E-state index in [1.54, 1.807) is 0 Å². The fraction of sp³-hybridized carbons (Fsp3) is 0.462. The van der Waals surface area contributed by atoms with E-state index in [4.69, 9.17) is 4.74 Å². The summed E-state index contributed by atoms with van der Waals surface area (Å²) < 4.78 is 5.23.